The van der Waals surface area contributed by atoms with Gasteiger partial charge in [-0.15, -0.1) is 0 Å². The predicted molar refractivity (Wildman–Crippen MR) is 123 cm³/mol. The topological polar surface area (TPSA) is 82.9 Å². The molecule has 1 aromatic carbocycles. The molecule has 9 heteroatoms. The first-order valence-electron chi connectivity index (χ1n) is 10.7. The fourth-order valence-corrected chi connectivity index (χ4v) is 4.12. The van der Waals surface area contributed by atoms with Crippen LogP contribution in [0.1, 0.15) is 25.3 Å². The van der Waals surface area contributed by atoms with Gasteiger partial charge in [-0.3, -0.25) is 0 Å². The highest BCUT2D eigenvalue weighted by Crippen LogP contribution is 2.37. The van der Waals surface area contributed by atoms with E-state index in [2.05, 4.69) is 21.2 Å². The maximum atomic E-state index is 9.75. The summed E-state index contributed by atoms with van der Waals surface area (Å²) in [5.74, 6) is 2.10. The Morgan fingerprint density at radius 1 is 1.23 bits per heavy atom. The molecule has 2 aliphatic heterocycles. The molecule has 1 fully saturated rings. The summed E-state index contributed by atoms with van der Waals surface area (Å²) in [6, 6.07) is 7.96. The van der Waals surface area contributed by atoms with Crippen molar-refractivity contribution in [1.82, 2.24) is 15.2 Å². The van der Waals surface area contributed by atoms with Crippen LogP contribution in [0.25, 0.3) is 10.9 Å². The number of nitrogens with zero attached hydrogens (tertiary/aromatic N) is 4. The van der Waals surface area contributed by atoms with Gasteiger partial charge in [0.2, 0.25) is 6.79 Å². The van der Waals surface area contributed by atoms with Gasteiger partial charge in [0.15, 0.2) is 16.6 Å². The van der Waals surface area contributed by atoms with Crippen molar-refractivity contribution in [2.45, 2.75) is 19.8 Å². The minimum absolute atomic E-state index is 0.213. The second-order valence-electron chi connectivity index (χ2n) is 7.48. The van der Waals surface area contributed by atoms with E-state index in [0.29, 0.717) is 22.9 Å². The number of anilines is 1. The Balaban J connectivity index is 1.44. The van der Waals surface area contributed by atoms with Crippen molar-refractivity contribution < 1.29 is 14.2 Å². The summed E-state index contributed by atoms with van der Waals surface area (Å²) in [6.45, 7) is 7.72. The Labute approximate surface area is 187 Å². The number of hydrogen-bond donors (Lipinski definition) is 1. The van der Waals surface area contributed by atoms with E-state index < -0.39 is 0 Å². The van der Waals surface area contributed by atoms with Gasteiger partial charge in [-0.2, -0.15) is 5.26 Å². The van der Waals surface area contributed by atoms with Crippen molar-refractivity contribution in [3.8, 4) is 17.6 Å². The molecule has 0 radical (unpaired) electrons. The van der Waals surface area contributed by atoms with E-state index in [4.69, 9.17) is 31.4 Å². The second kappa shape index (κ2) is 9.98. The smallest absolute Gasteiger partial charge is 0.231 e. The third kappa shape index (κ3) is 4.92. The van der Waals surface area contributed by atoms with Crippen molar-refractivity contribution in [1.29, 1.82) is 5.26 Å². The van der Waals surface area contributed by atoms with Gasteiger partial charge in [-0.25, -0.2) is 4.98 Å². The third-order valence-electron chi connectivity index (χ3n) is 5.44. The molecule has 3 heterocycles. The summed E-state index contributed by atoms with van der Waals surface area (Å²) in [6.07, 6.45) is 1.87. The number of nitriles is 1. The van der Waals surface area contributed by atoms with E-state index in [0.717, 1.165) is 74.8 Å². The van der Waals surface area contributed by atoms with E-state index in [1.165, 1.54) is 0 Å². The zero-order chi connectivity index (χ0) is 21.6. The number of aromatic nitrogens is 1. The van der Waals surface area contributed by atoms with Crippen LogP contribution in [0.15, 0.2) is 18.2 Å². The number of benzene rings is 1. The molecule has 0 aliphatic carbocycles. The second-order valence-corrected chi connectivity index (χ2v) is 7.87. The summed E-state index contributed by atoms with van der Waals surface area (Å²) in [7, 11) is 0. The molecular formula is C22H27N5O3S. The van der Waals surface area contributed by atoms with Gasteiger partial charge in [0.1, 0.15) is 11.9 Å². The first kappa shape index (κ1) is 21.4. The Morgan fingerprint density at radius 2 is 2.06 bits per heavy atom. The fraction of sp³-hybridized carbons (Fsp3) is 0.500. The molecule has 0 spiro atoms. The quantitative estimate of drug-likeness (QED) is 0.537. The molecule has 8 nitrogen and oxygen atoms in total. The van der Waals surface area contributed by atoms with Crippen molar-refractivity contribution in [3.05, 3.63) is 23.8 Å². The summed E-state index contributed by atoms with van der Waals surface area (Å²) < 4.78 is 16.3. The van der Waals surface area contributed by atoms with E-state index >= 15 is 0 Å². The summed E-state index contributed by atoms with van der Waals surface area (Å²) >= 11 is 5.59. The van der Waals surface area contributed by atoms with Crippen LogP contribution in [0.2, 0.25) is 0 Å². The van der Waals surface area contributed by atoms with Crippen LogP contribution < -0.4 is 19.7 Å². The van der Waals surface area contributed by atoms with Crippen LogP contribution in [-0.4, -0.2) is 67.7 Å². The van der Waals surface area contributed by atoms with Gasteiger partial charge >= 0.3 is 0 Å². The fourth-order valence-electron chi connectivity index (χ4n) is 3.84. The Bertz CT molecular complexity index is 993. The summed E-state index contributed by atoms with van der Waals surface area (Å²) in [4.78, 5) is 9.20. The minimum Gasteiger partial charge on any atom is -0.454 e. The first-order chi connectivity index (χ1) is 15.2. The average Bonchev–Trinajstić information content (AvgIpc) is 3.09. The molecule has 4 rings (SSSR count). The van der Waals surface area contributed by atoms with E-state index in [1.54, 1.807) is 0 Å². The summed E-state index contributed by atoms with van der Waals surface area (Å²) in [5.41, 5.74) is 1.36. The van der Waals surface area contributed by atoms with Crippen molar-refractivity contribution in [3.63, 3.8) is 0 Å². The largest absolute Gasteiger partial charge is 0.454 e. The first-order valence-corrected chi connectivity index (χ1v) is 11.1. The van der Waals surface area contributed by atoms with Crippen LogP contribution in [0.5, 0.6) is 11.5 Å². The maximum Gasteiger partial charge on any atom is 0.231 e. The molecule has 0 bridgehead atoms. The average molecular weight is 442 g/mol. The highest BCUT2D eigenvalue weighted by atomic mass is 32.1. The molecule has 164 valence electrons. The molecule has 1 aromatic heterocycles. The van der Waals surface area contributed by atoms with E-state index in [9.17, 15) is 5.26 Å². The standard InChI is InChI=1S/C22H27N5O3S/c1-2-28-10-3-5-24-22(31)27-7-4-6-26(8-9-27)21-17(14-23)11-16-12-19-20(30-15-29-19)13-18(16)25-21/h11-13H,2-10,15H2,1H3,(H,24,31). The van der Waals surface area contributed by atoms with Crippen LogP contribution in [-0.2, 0) is 4.74 Å². The van der Waals surface area contributed by atoms with Gasteiger partial charge < -0.3 is 29.3 Å². The minimum atomic E-state index is 0.213. The van der Waals surface area contributed by atoms with Crippen LogP contribution in [0.4, 0.5) is 5.82 Å². The molecule has 2 aromatic rings. The molecule has 31 heavy (non-hydrogen) atoms. The van der Waals surface area contributed by atoms with Gasteiger partial charge in [0.05, 0.1) is 11.1 Å². The zero-order valence-electron chi connectivity index (χ0n) is 17.7. The molecule has 0 atom stereocenters. The molecule has 0 amide bonds. The van der Waals surface area contributed by atoms with Crippen molar-refractivity contribution in [2.75, 3.05) is 57.6 Å². The number of fused-ring (bicyclic) bond motifs is 2. The number of hydrogen-bond acceptors (Lipinski definition) is 7. The highest BCUT2D eigenvalue weighted by Gasteiger charge is 2.22. The number of thiocarbonyl (C=S) groups is 1. The van der Waals surface area contributed by atoms with Crippen LogP contribution in [0.3, 0.4) is 0 Å². The number of nitrogens with one attached hydrogen (secondary N) is 1. The lowest BCUT2D eigenvalue weighted by molar-refractivity contribution is 0.145. The summed E-state index contributed by atoms with van der Waals surface area (Å²) in [5, 5.41) is 14.7. The monoisotopic (exact) mass is 441 g/mol. The normalized spacial score (nSPS) is 15.6. The predicted octanol–water partition coefficient (Wildman–Crippen LogP) is 2.65. The highest BCUT2D eigenvalue weighted by molar-refractivity contribution is 7.80. The Hall–Kier alpha value is -2.83. The van der Waals surface area contributed by atoms with Crippen LogP contribution >= 0.6 is 12.2 Å². The lowest BCUT2D eigenvalue weighted by atomic mass is 10.1. The third-order valence-corrected chi connectivity index (χ3v) is 5.84. The van der Waals surface area contributed by atoms with Crippen molar-refractivity contribution in [2.24, 2.45) is 0 Å². The van der Waals surface area contributed by atoms with Gasteiger partial charge in [0.25, 0.3) is 0 Å². The zero-order valence-corrected chi connectivity index (χ0v) is 18.5. The van der Waals surface area contributed by atoms with Crippen molar-refractivity contribution >= 4 is 34.1 Å². The van der Waals surface area contributed by atoms with Gasteiger partial charge in [0, 0.05) is 57.4 Å². The molecule has 1 saturated heterocycles. The number of pyridine rings is 1. The Kier molecular flexibility index (Phi) is 6.89. The molecular weight excluding hydrogens is 414 g/mol. The lowest BCUT2D eigenvalue weighted by Gasteiger charge is -2.25. The molecule has 1 N–H and O–H groups in total. The molecule has 0 unspecified atom stereocenters. The van der Waals surface area contributed by atoms with Gasteiger partial charge in [-0.05, 0) is 44.1 Å². The molecule has 0 saturated carbocycles. The van der Waals surface area contributed by atoms with Gasteiger partial charge in [-0.1, -0.05) is 0 Å². The maximum absolute atomic E-state index is 9.75. The Morgan fingerprint density at radius 3 is 2.87 bits per heavy atom. The lowest BCUT2D eigenvalue weighted by Crippen LogP contribution is -2.42. The molecule has 2 aliphatic rings. The SMILES string of the molecule is CCOCCCNC(=S)N1CCCN(c2nc3cc4c(cc3cc2C#N)OCO4)CC1. The van der Waals surface area contributed by atoms with Crippen LogP contribution in [0, 0.1) is 11.3 Å². The van der Waals surface area contributed by atoms with E-state index in [-0.39, 0.29) is 6.79 Å². The number of ether oxygens (including phenoxy) is 3. The number of rotatable bonds is 6. The van der Waals surface area contributed by atoms with E-state index in [1.807, 2.05) is 25.1 Å².